The van der Waals surface area contributed by atoms with Crippen LogP contribution in [0.5, 0.6) is 11.5 Å². The minimum atomic E-state index is -0.732. The zero-order chi connectivity index (χ0) is 19.5. The molecule has 0 spiro atoms. The number of Topliss-reactive ketones (excluding diaryl/α,β-unsaturated/α-hetero) is 1. The van der Waals surface area contributed by atoms with Gasteiger partial charge >= 0.3 is 5.97 Å². The fraction of sp³-hybridized carbons (Fsp3) is 0.143. The molecular weight excluding hydrogens is 384 g/mol. The fourth-order valence-corrected chi connectivity index (χ4v) is 2.98. The molecule has 0 saturated carbocycles. The number of carbonyl (C=O) groups excluding carboxylic acids is 2. The minimum absolute atomic E-state index is 0.00936. The Bertz CT molecular complexity index is 1040. The Labute approximate surface area is 165 Å². The zero-order valence-corrected chi connectivity index (χ0v) is 15.4. The molecule has 0 fully saturated rings. The molecule has 1 aliphatic heterocycles. The van der Waals surface area contributed by atoms with Gasteiger partial charge in [0.05, 0.1) is 5.02 Å². The van der Waals surface area contributed by atoms with Gasteiger partial charge in [0.1, 0.15) is 19.0 Å². The van der Waals surface area contributed by atoms with Crippen molar-refractivity contribution < 1.29 is 28.2 Å². The molecule has 28 heavy (non-hydrogen) atoms. The number of ether oxygens (including phenoxy) is 3. The lowest BCUT2D eigenvalue weighted by Gasteiger charge is -2.18. The summed E-state index contributed by atoms with van der Waals surface area (Å²) in [6.07, 6.45) is 0. The summed E-state index contributed by atoms with van der Waals surface area (Å²) in [5, 5.41) is 0.505. The molecule has 0 atom stereocenters. The number of rotatable bonds is 5. The molecule has 6 nitrogen and oxygen atoms in total. The maximum atomic E-state index is 12.3. The quantitative estimate of drug-likeness (QED) is 0.468. The van der Waals surface area contributed by atoms with Crippen molar-refractivity contribution in [2.24, 2.45) is 0 Å². The summed E-state index contributed by atoms with van der Waals surface area (Å²) in [5.41, 5.74) is 1.03. The van der Waals surface area contributed by atoms with Crippen LogP contribution < -0.4 is 9.47 Å². The van der Waals surface area contributed by atoms with Crippen LogP contribution in [0.4, 0.5) is 0 Å². The van der Waals surface area contributed by atoms with Gasteiger partial charge in [0.15, 0.2) is 23.9 Å². The topological polar surface area (TPSA) is 75.0 Å². The third kappa shape index (κ3) is 3.73. The number of ketones is 1. The predicted octanol–water partition coefficient (Wildman–Crippen LogP) is 4.41. The van der Waals surface area contributed by atoms with Crippen molar-refractivity contribution in [2.75, 3.05) is 19.8 Å². The lowest BCUT2D eigenvalue weighted by molar-refractivity contribution is 0.0444. The monoisotopic (exact) mass is 398 g/mol. The SMILES string of the molecule is O=C(COC(=O)c1ccc(-c2ccccc2Cl)o1)c1ccc2c(c1)OCCO2. The number of hydrogen-bond acceptors (Lipinski definition) is 6. The van der Waals surface area contributed by atoms with Crippen molar-refractivity contribution >= 4 is 23.4 Å². The van der Waals surface area contributed by atoms with Crippen LogP contribution in [0.1, 0.15) is 20.9 Å². The van der Waals surface area contributed by atoms with Crippen molar-refractivity contribution in [1.82, 2.24) is 0 Å². The number of hydrogen-bond donors (Lipinski definition) is 0. The number of carbonyl (C=O) groups is 2. The molecule has 0 saturated heterocycles. The van der Waals surface area contributed by atoms with E-state index in [-0.39, 0.29) is 11.5 Å². The summed E-state index contributed by atoms with van der Waals surface area (Å²) < 4.78 is 21.5. The van der Waals surface area contributed by atoms with Gasteiger partial charge in [-0.3, -0.25) is 4.79 Å². The van der Waals surface area contributed by atoms with E-state index >= 15 is 0 Å². The molecule has 2 heterocycles. The maximum absolute atomic E-state index is 12.3. The molecule has 0 radical (unpaired) electrons. The van der Waals surface area contributed by atoms with E-state index in [0.717, 1.165) is 0 Å². The van der Waals surface area contributed by atoms with E-state index in [1.807, 2.05) is 6.07 Å². The van der Waals surface area contributed by atoms with Gasteiger partial charge in [0, 0.05) is 11.1 Å². The van der Waals surface area contributed by atoms with E-state index in [2.05, 4.69) is 0 Å². The average molecular weight is 399 g/mol. The molecule has 2 aromatic carbocycles. The Morgan fingerprint density at radius 1 is 0.964 bits per heavy atom. The van der Waals surface area contributed by atoms with E-state index in [1.165, 1.54) is 6.07 Å². The van der Waals surface area contributed by atoms with E-state index in [1.54, 1.807) is 42.5 Å². The van der Waals surface area contributed by atoms with Gasteiger partial charge in [-0.15, -0.1) is 0 Å². The van der Waals surface area contributed by atoms with Crippen LogP contribution in [0.15, 0.2) is 59.0 Å². The first-order valence-electron chi connectivity index (χ1n) is 8.56. The summed E-state index contributed by atoms with van der Waals surface area (Å²) in [6, 6.07) is 15.1. The second-order valence-electron chi connectivity index (χ2n) is 6.00. The lowest BCUT2D eigenvalue weighted by atomic mass is 10.1. The number of halogens is 1. The van der Waals surface area contributed by atoms with Crippen molar-refractivity contribution in [3.05, 3.63) is 70.9 Å². The van der Waals surface area contributed by atoms with E-state index in [0.29, 0.717) is 46.6 Å². The smallest absolute Gasteiger partial charge is 0.374 e. The molecule has 0 unspecified atom stereocenters. The van der Waals surface area contributed by atoms with E-state index < -0.39 is 12.6 Å². The van der Waals surface area contributed by atoms with Crippen molar-refractivity contribution in [1.29, 1.82) is 0 Å². The Hall–Kier alpha value is -3.25. The standard InChI is InChI=1S/C21H15ClO6/c22-15-4-2-1-3-14(15)17-7-8-19(28-17)21(24)27-12-16(23)13-5-6-18-20(11-13)26-10-9-25-18/h1-8,11H,9-10,12H2. The van der Waals surface area contributed by atoms with E-state index in [9.17, 15) is 9.59 Å². The first kappa shape index (κ1) is 18.1. The Balaban J connectivity index is 1.41. The maximum Gasteiger partial charge on any atom is 0.374 e. The molecule has 0 aliphatic carbocycles. The number of fused-ring (bicyclic) bond motifs is 1. The number of benzene rings is 2. The van der Waals surface area contributed by atoms with Crippen LogP contribution in [0.2, 0.25) is 5.02 Å². The van der Waals surface area contributed by atoms with Crippen LogP contribution in [0.25, 0.3) is 11.3 Å². The Morgan fingerprint density at radius 3 is 2.57 bits per heavy atom. The molecule has 1 aromatic heterocycles. The van der Waals surface area contributed by atoms with Crippen LogP contribution in [-0.4, -0.2) is 31.6 Å². The molecule has 4 rings (SSSR count). The van der Waals surface area contributed by atoms with Gasteiger partial charge < -0.3 is 18.6 Å². The third-order valence-electron chi connectivity index (χ3n) is 4.15. The Kier molecular flexibility index (Phi) is 5.04. The first-order chi connectivity index (χ1) is 13.6. The molecule has 0 bridgehead atoms. The van der Waals surface area contributed by atoms with Gasteiger partial charge in [-0.25, -0.2) is 4.79 Å². The molecular formula is C21H15ClO6. The third-order valence-corrected chi connectivity index (χ3v) is 4.47. The number of furan rings is 1. The van der Waals surface area contributed by atoms with Gasteiger partial charge in [-0.05, 0) is 42.5 Å². The van der Waals surface area contributed by atoms with Crippen molar-refractivity contribution in [3.8, 4) is 22.8 Å². The zero-order valence-electron chi connectivity index (χ0n) is 14.6. The summed E-state index contributed by atoms with van der Waals surface area (Å²) in [7, 11) is 0. The van der Waals surface area contributed by atoms with Crippen LogP contribution >= 0.6 is 11.6 Å². The van der Waals surface area contributed by atoms with Crippen LogP contribution in [0, 0.1) is 0 Å². The highest BCUT2D eigenvalue weighted by Crippen LogP contribution is 2.31. The molecule has 1 aliphatic rings. The molecule has 0 N–H and O–H groups in total. The first-order valence-corrected chi connectivity index (χ1v) is 8.94. The highest BCUT2D eigenvalue weighted by molar-refractivity contribution is 6.33. The van der Waals surface area contributed by atoms with Crippen molar-refractivity contribution in [3.63, 3.8) is 0 Å². The average Bonchev–Trinajstić information content (AvgIpc) is 3.22. The molecule has 3 aromatic rings. The van der Waals surface area contributed by atoms with Gasteiger partial charge in [0.25, 0.3) is 0 Å². The summed E-state index contributed by atoms with van der Waals surface area (Å²) in [5.74, 6) is 0.425. The molecule has 7 heteroatoms. The highest BCUT2D eigenvalue weighted by Gasteiger charge is 2.19. The largest absolute Gasteiger partial charge is 0.486 e. The summed E-state index contributed by atoms with van der Waals surface area (Å²) in [6.45, 7) is 0.476. The van der Waals surface area contributed by atoms with Gasteiger partial charge in [0.2, 0.25) is 5.76 Å². The second kappa shape index (κ2) is 7.78. The van der Waals surface area contributed by atoms with E-state index in [4.69, 9.17) is 30.2 Å². The van der Waals surface area contributed by atoms with Gasteiger partial charge in [-0.1, -0.05) is 23.7 Å². The lowest BCUT2D eigenvalue weighted by Crippen LogP contribution is -2.17. The van der Waals surface area contributed by atoms with Gasteiger partial charge in [-0.2, -0.15) is 0 Å². The normalized spacial score (nSPS) is 12.5. The highest BCUT2D eigenvalue weighted by atomic mass is 35.5. The molecule has 142 valence electrons. The Morgan fingerprint density at radius 2 is 1.75 bits per heavy atom. The fourth-order valence-electron chi connectivity index (χ4n) is 2.76. The predicted molar refractivity (Wildman–Crippen MR) is 101 cm³/mol. The second-order valence-corrected chi connectivity index (χ2v) is 6.41. The summed E-state index contributed by atoms with van der Waals surface area (Å²) in [4.78, 5) is 24.5. The van der Waals surface area contributed by atoms with Crippen LogP contribution in [-0.2, 0) is 4.74 Å². The molecule has 0 amide bonds. The number of esters is 1. The minimum Gasteiger partial charge on any atom is -0.486 e. The van der Waals surface area contributed by atoms with Crippen LogP contribution in [0.3, 0.4) is 0 Å². The van der Waals surface area contributed by atoms with Crippen molar-refractivity contribution in [2.45, 2.75) is 0 Å². The summed E-state index contributed by atoms with van der Waals surface area (Å²) >= 11 is 6.13.